The van der Waals surface area contributed by atoms with Crippen molar-refractivity contribution in [3.8, 4) is 11.5 Å². The van der Waals surface area contributed by atoms with Gasteiger partial charge < -0.3 is 29.2 Å². The van der Waals surface area contributed by atoms with Crippen LogP contribution in [0.3, 0.4) is 0 Å². The number of rotatable bonds is 10. The van der Waals surface area contributed by atoms with E-state index in [1.807, 2.05) is 71.0 Å². The maximum absolute atomic E-state index is 12.9. The molecule has 1 aliphatic heterocycles. The largest absolute Gasteiger partial charge is 0.490 e. The summed E-state index contributed by atoms with van der Waals surface area (Å²) in [6.45, 7) is 12.5. The first-order chi connectivity index (χ1) is 21.0. The summed E-state index contributed by atoms with van der Waals surface area (Å²) in [4.78, 5) is 26.7. The third-order valence-electron chi connectivity index (χ3n) is 6.90. The molecule has 0 aliphatic carbocycles. The van der Waals surface area contributed by atoms with Crippen LogP contribution in [0, 0.1) is 11.8 Å². The van der Waals surface area contributed by atoms with Crippen molar-refractivity contribution in [3.63, 3.8) is 0 Å². The quantitative estimate of drug-likeness (QED) is 0.224. The molecule has 0 spiro atoms. The molecule has 45 heavy (non-hydrogen) atoms. The number of hydrogen-bond acceptors (Lipinski definition) is 7. The number of halogens is 4. The number of carbonyl (C=O) groups is 2. The molecule has 2 heterocycles. The van der Waals surface area contributed by atoms with Crippen LogP contribution in [-0.2, 0) is 27.5 Å². The van der Waals surface area contributed by atoms with Gasteiger partial charge in [0.05, 0.1) is 17.5 Å². The van der Waals surface area contributed by atoms with Gasteiger partial charge in [0, 0.05) is 18.1 Å². The van der Waals surface area contributed by atoms with Crippen molar-refractivity contribution < 1.29 is 42.1 Å². The number of fused-ring (bicyclic) bond motifs is 1. The normalized spacial score (nSPS) is 17.0. The summed E-state index contributed by atoms with van der Waals surface area (Å²) in [5.41, 5.74) is 1.38. The van der Waals surface area contributed by atoms with Gasteiger partial charge in [-0.15, -0.1) is 0 Å². The molecule has 0 saturated carbocycles. The number of aliphatic carboxylic acids is 1. The number of carboxylic acids is 1. The number of imidazole rings is 1. The topological polar surface area (TPSA) is 112 Å². The zero-order valence-electron chi connectivity index (χ0n) is 26.1. The Hall–Kier alpha value is -3.51. The maximum Gasteiger partial charge on any atom is 0.490 e. The monoisotopic (exact) mass is 655 g/mol. The lowest BCUT2D eigenvalue weighted by Crippen LogP contribution is -2.43. The highest BCUT2D eigenvalue weighted by atomic mass is 35.5. The first kappa shape index (κ1) is 36.0. The summed E-state index contributed by atoms with van der Waals surface area (Å²) in [7, 11) is 0. The number of piperidine rings is 1. The van der Waals surface area contributed by atoms with Crippen LogP contribution in [0.1, 0.15) is 59.7 Å². The third kappa shape index (κ3) is 11.1. The minimum atomic E-state index is -5.08. The van der Waals surface area contributed by atoms with Gasteiger partial charge in [0.15, 0.2) is 0 Å². The fraction of sp³-hybridized carbons (Fsp3) is 0.531. The second-order valence-electron chi connectivity index (χ2n) is 12.1. The Morgan fingerprint density at radius 3 is 2.40 bits per heavy atom. The number of hydrogen-bond donors (Lipinski definition) is 2. The average Bonchev–Trinajstić information content (AvgIpc) is 3.30. The first-order valence-corrected chi connectivity index (χ1v) is 15.2. The second-order valence-corrected chi connectivity index (χ2v) is 12.5. The van der Waals surface area contributed by atoms with E-state index in [1.165, 1.54) is 0 Å². The molecule has 2 unspecified atom stereocenters. The number of esters is 1. The molecule has 248 valence electrons. The summed E-state index contributed by atoms with van der Waals surface area (Å²) < 4.78 is 51.8. The van der Waals surface area contributed by atoms with Crippen molar-refractivity contribution in [1.29, 1.82) is 0 Å². The number of alkyl halides is 3. The van der Waals surface area contributed by atoms with E-state index in [4.69, 9.17) is 40.7 Å². The van der Waals surface area contributed by atoms with Gasteiger partial charge in [-0.3, -0.25) is 4.79 Å². The van der Waals surface area contributed by atoms with Gasteiger partial charge in [-0.1, -0.05) is 17.7 Å². The molecule has 4 rings (SSSR count). The van der Waals surface area contributed by atoms with Crippen molar-refractivity contribution >= 4 is 34.6 Å². The lowest BCUT2D eigenvalue weighted by Gasteiger charge is -2.33. The van der Waals surface area contributed by atoms with Crippen LogP contribution in [0.5, 0.6) is 11.5 Å². The molecule has 3 aromatic rings. The number of benzene rings is 2. The van der Waals surface area contributed by atoms with Crippen LogP contribution in [0.25, 0.3) is 11.0 Å². The predicted octanol–water partition coefficient (Wildman–Crippen LogP) is 7.04. The van der Waals surface area contributed by atoms with Gasteiger partial charge in [0.25, 0.3) is 0 Å². The van der Waals surface area contributed by atoms with Crippen molar-refractivity contribution in [3.05, 3.63) is 53.3 Å². The van der Waals surface area contributed by atoms with Crippen molar-refractivity contribution in [2.75, 3.05) is 13.1 Å². The molecule has 1 fully saturated rings. The first-order valence-electron chi connectivity index (χ1n) is 14.8. The molecular formula is C32H41ClF3N3O6. The average molecular weight is 656 g/mol. The molecule has 0 radical (unpaired) electrons. The van der Waals surface area contributed by atoms with E-state index in [1.54, 1.807) is 0 Å². The van der Waals surface area contributed by atoms with Crippen LogP contribution in [0.15, 0.2) is 42.5 Å². The van der Waals surface area contributed by atoms with Crippen molar-refractivity contribution in [2.45, 2.75) is 84.9 Å². The van der Waals surface area contributed by atoms with E-state index < -0.39 is 17.7 Å². The van der Waals surface area contributed by atoms with Gasteiger partial charge in [-0.25, -0.2) is 9.78 Å². The number of para-hydroxylation sites is 1. The van der Waals surface area contributed by atoms with Gasteiger partial charge in [0.2, 0.25) is 0 Å². The van der Waals surface area contributed by atoms with Crippen molar-refractivity contribution in [2.24, 2.45) is 11.8 Å². The summed E-state index contributed by atoms with van der Waals surface area (Å²) in [5, 5.41) is 11.2. The van der Waals surface area contributed by atoms with E-state index in [9.17, 15) is 18.0 Å². The molecule has 1 aromatic heterocycles. The molecule has 9 nitrogen and oxygen atoms in total. The molecule has 0 bridgehead atoms. The van der Waals surface area contributed by atoms with Crippen LogP contribution in [0.2, 0.25) is 5.02 Å². The summed E-state index contributed by atoms with van der Waals surface area (Å²) >= 11 is 6.03. The van der Waals surface area contributed by atoms with Gasteiger partial charge in [-0.2, -0.15) is 13.2 Å². The van der Waals surface area contributed by atoms with E-state index >= 15 is 0 Å². The number of ether oxygens (including phenoxy) is 3. The fourth-order valence-electron chi connectivity index (χ4n) is 4.98. The highest BCUT2D eigenvalue weighted by Gasteiger charge is 2.38. The third-order valence-corrected chi connectivity index (χ3v) is 7.15. The lowest BCUT2D eigenvalue weighted by molar-refractivity contribution is -0.192. The minimum absolute atomic E-state index is 0.0456. The molecule has 2 aromatic carbocycles. The molecule has 1 saturated heterocycles. The summed E-state index contributed by atoms with van der Waals surface area (Å²) in [6.07, 6.45) is -2.22. The molecule has 2 atom stereocenters. The van der Waals surface area contributed by atoms with Crippen molar-refractivity contribution in [1.82, 2.24) is 14.9 Å². The smallest absolute Gasteiger partial charge is 0.489 e. The number of carboxylic acid groups (broad SMARTS) is 1. The number of aromatic nitrogens is 2. The molecule has 1 aliphatic rings. The Balaban J connectivity index is 0.000000707. The zero-order chi connectivity index (χ0) is 33.4. The number of nitrogens with zero attached hydrogens (tertiary/aromatic N) is 2. The SMILES string of the molecule is CC(C)Oc1cccc2c1nc(COc1ccc(Cl)cc1)n2CCCC1CCNCC1C(=O)OC(C)(C)C.O=C(O)C(F)(F)F. The Morgan fingerprint density at radius 2 is 1.80 bits per heavy atom. The van der Waals surface area contributed by atoms with E-state index in [0.717, 1.165) is 60.7 Å². The minimum Gasteiger partial charge on any atom is -0.489 e. The highest BCUT2D eigenvalue weighted by molar-refractivity contribution is 6.30. The summed E-state index contributed by atoms with van der Waals surface area (Å²) in [6, 6.07) is 13.4. The predicted molar refractivity (Wildman–Crippen MR) is 165 cm³/mol. The Morgan fingerprint density at radius 1 is 1.13 bits per heavy atom. The molecule has 0 amide bonds. The molecule has 2 N–H and O–H groups in total. The Kier molecular flexibility index (Phi) is 12.5. The Labute approximate surface area is 266 Å². The molecular weight excluding hydrogens is 615 g/mol. The lowest BCUT2D eigenvalue weighted by atomic mass is 9.83. The summed E-state index contributed by atoms with van der Waals surface area (Å²) in [5.74, 6) is -0.351. The fourth-order valence-corrected chi connectivity index (χ4v) is 5.11. The van der Waals surface area contributed by atoms with Crippen LogP contribution >= 0.6 is 11.6 Å². The van der Waals surface area contributed by atoms with Crippen LogP contribution in [-0.4, -0.2) is 57.6 Å². The van der Waals surface area contributed by atoms with E-state index in [2.05, 4.69) is 16.0 Å². The van der Waals surface area contributed by atoms with Crippen LogP contribution < -0.4 is 14.8 Å². The van der Waals surface area contributed by atoms with E-state index in [0.29, 0.717) is 18.2 Å². The van der Waals surface area contributed by atoms with Gasteiger partial charge in [-0.05, 0) is 103 Å². The zero-order valence-corrected chi connectivity index (χ0v) is 26.9. The van der Waals surface area contributed by atoms with Gasteiger partial charge in [0.1, 0.15) is 35.0 Å². The highest BCUT2D eigenvalue weighted by Crippen LogP contribution is 2.31. The number of aryl methyl sites for hydroxylation is 1. The maximum atomic E-state index is 12.9. The number of nitrogens with one attached hydrogen (secondary N) is 1. The standard InChI is InChI=1S/C30H40ClN3O4.C2HF3O2/c1-20(2)37-26-10-6-9-25-28(26)33-27(19-36-23-13-11-22(31)12-14-23)34(25)17-7-8-21-15-16-32-18-24(21)29(35)38-30(3,4)5;3-2(4,5)1(6)7/h6,9-14,20-21,24,32H,7-8,15-19H2,1-5H3;(H,6,7). The second kappa shape index (κ2) is 15.7. The Bertz CT molecular complexity index is 1420. The van der Waals surface area contributed by atoms with E-state index in [-0.39, 0.29) is 23.9 Å². The number of carbonyl (C=O) groups excluding carboxylic acids is 1. The van der Waals surface area contributed by atoms with Gasteiger partial charge >= 0.3 is 18.1 Å². The van der Waals surface area contributed by atoms with Crippen LogP contribution in [0.4, 0.5) is 13.2 Å². The molecule has 13 heteroatoms.